The summed E-state index contributed by atoms with van der Waals surface area (Å²) in [5.74, 6) is -0.668. The predicted molar refractivity (Wildman–Crippen MR) is 90.8 cm³/mol. The standard InChI is InChI=1S/C18H17FN4O4/c19-15-3-1-13(2-4-15)14-5-20-22(9-14)10-16(24)21-6-12(7-21)8-23-17(25)11-27-18(23)26/h1-5,9,12H,6-8,10-11H2. The van der Waals surface area contributed by atoms with Crippen molar-refractivity contribution in [3.05, 3.63) is 42.5 Å². The second-order valence-electron chi connectivity index (χ2n) is 6.66. The molecule has 0 bridgehead atoms. The molecular weight excluding hydrogens is 355 g/mol. The number of hydrogen-bond donors (Lipinski definition) is 0. The molecule has 4 rings (SSSR count). The van der Waals surface area contributed by atoms with Gasteiger partial charge >= 0.3 is 6.09 Å². The molecule has 9 heteroatoms. The van der Waals surface area contributed by atoms with Crippen molar-refractivity contribution in [2.24, 2.45) is 5.92 Å². The van der Waals surface area contributed by atoms with Crippen LogP contribution in [0.25, 0.3) is 11.1 Å². The minimum atomic E-state index is -0.616. The number of likely N-dealkylation sites (tertiary alicyclic amines) is 1. The molecule has 3 heterocycles. The van der Waals surface area contributed by atoms with E-state index in [0.717, 1.165) is 16.0 Å². The highest BCUT2D eigenvalue weighted by Crippen LogP contribution is 2.21. The fraction of sp³-hybridized carbons (Fsp3) is 0.333. The maximum absolute atomic E-state index is 13.0. The Morgan fingerprint density at radius 2 is 1.93 bits per heavy atom. The maximum atomic E-state index is 13.0. The molecule has 140 valence electrons. The lowest BCUT2D eigenvalue weighted by Gasteiger charge is -2.40. The summed E-state index contributed by atoms with van der Waals surface area (Å²) in [6.07, 6.45) is 2.75. The molecule has 0 N–H and O–H groups in total. The summed E-state index contributed by atoms with van der Waals surface area (Å²) >= 11 is 0. The van der Waals surface area contributed by atoms with Gasteiger partial charge in [-0.3, -0.25) is 14.3 Å². The van der Waals surface area contributed by atoms with Crippen LogP contribution in [0, 0.1) is 11.7 Å². The van der Waals surface area contributed by atoms with Crippen LogP contribution in [0.5, 0.6) is 0 Å². The van der Waals surface area contributed by atoms with E-state index in [1.165, 1.54) is 16.8 Å². The largest absolute Gasteiger partial charge is 0.439 e. The molecule has 3 amide bonds. The van der Waals surface area contributed by atoms with Gasteiger partial charge in [0.15, 0.2) is 6.61 Å². The van der Waals surface area contributed by atoms with Gasteiger partial charge in [-0.05, 0) is 17.7 Å². The van der Waals surface area contributed by atoms with Crippen LogP contribution in [0.15, 0.2) is 36.7 Å². The first-order chi connectivity index (χ1) is 13.0. The van der Waals surface area contributed by atoms with Crippen molar-refractivity contribution >= 4 is 17.9 Å². The lowest BCUT2D eigenvalue weighted by atomic mass is 9.99. The summed E-state index contributed by atoms with van der Waals surface area (Å²) in [6.45, 7) is 1.14. The summed E-state index contributed by atoms with van der Waals surface area (Å²) in [7, 11) is 0. The summed E-state index contributed by atoms with van der Waals surface area (Å²) in [5, 5.41) is 4.18. The van der Waals surface area contributed by atoms with E-state index in [4.69, 9.17) is 0 Å². The SMILES string of the molecule is O=C(Cn1cc(-c2ccc(F)cc2)cn1)N1CC(CN2C(=O)COC2=O)C1. The number of hydrogen-bond acceptors (Lipinski definition) is 5. The predicted octanol–water partition coefficient (Wildman–Crippen LogP) is 1.13. The zero-order valence-electron chi connectivity index (χ0n) is 14.4. The smallest absolute Gasteiger partial charge is 0.417 e. The van der Waals surface area contributed by atoms with Crippen LogP contribution in [0.2, 0.25) is 0 Å². The van der Waals surface area contributed by atoms with E-state index in [2.05, 4.69) is 9.84 Å². The third-order valence-corrected chi connectivity index (χ3v) is 4.70. The number of benzene rings is 1. The van der Waals surface area contributed by atoms with Gasteiger partial charge in [-0.1, -0.05) is 12.1 Å². The molecule has 0 saturated carbocycles. The highest BCUT2D eigenvalue weighted by Gasteiger charge is 2.38. The average Bonchev–Trinajstić information content (AvgIpc) is 3.19. The van der Waals surface area contributed by atoms with Crippen molar-refractivity contribution in [3.63, 3.8) is 0 Å². The summed E-state index contributed by atoms with van der Waals surface area (Å²) in [5.41, 5.74) is 1.62. The molecule has 0 unspecified atom stereocenters. The Hall–Kier alpha value is -3.23. The number of carbonyl (C=O) groups is 3. The number of carbonyl (C=O) groups excluding carboxylic acids is 3. The number of amides is 3. The van der Waals surface area contributed by atoms with Crippen LogP contribution in [-0.2, 0) is 20.9 Å². The summed E-state index contributed by atoms with van der Waals surface area (Å²) < 4.78 is 19.2. The Morgan fingerprint density at radius 1 is 1.19 bits per heavy atom. The second kappa shape index (κ2) is 6.82. The molecule has 0 spiro atoms. The number of imide groups is 1. The van der Waals surface area contributed by atoms with E-state index >= 15 is 0 Å². The van der Waals surface area contributed by atoms with Crippen LogP contribution < -0.4 is 0 Å². The molecule has 8 nitrogen and oxygen atoms in total. The Labute approximate surface area is 154 Å². The van der Waals surface area contributed by atoms with Gasteiger partial charge in [0, 0.05) is 37.3 Å². The monoisotopic (exact) mass is 372 g/mol. The number of ether oxygens (including phenoxy) is 1. The van der Waals surface area contributed by atoms with Gasteiger partial charge in [-0.2, -0.15) is 5.10 Å². The van der Waals surface area contributed by atoms with E-state index < -0.39 is 6.09 Å². The molecule has 2 aliphatic heterocycles. The Bertz CT molecular complexity index is 873. The first-order valence-corrected chi connectivity index (χ1v) is 8.53. The molecule has 2 saturated heterocycles. The molecule has 1 aromatic carbocycles. The van der Waals surface area contributed by atoms with Gasteiger partial charge in [0.25, 0.3) is 5.91 Å². The van der Waals surface area contributed by atoms with Crippen LogP contribution in [0.1, 0.15) is 0 Å². The number of nitrogens with zero attached hydrogens (tertiary/aromatic N) is 4. The summed E-state index contributed by atoms with van der Waals surface area (Å²) in [4.78, 5) is 38.0. The number of rotatable bonds is 5. The normalized spacial score (nSPS) is 17.2. The topological polar surface area (TPSA) is 84.7 Å². The van der Waals surface area contributed by atoms with Crippen LogP contribution >= 0.6 is 0 Å². The Balaban J connectivity index is 1.29. The Morgan fingerprint density at radius 3 is 2.59 bits per heavy atom. The number of halogens is 1. The van der Waals surface area contributed by atoms with E-state index in [0.29, 0.717) is 13.1 Å². The van der Waals surface area contributed by atoms with E-state index in [1.54, 1.807) is 29.4 Å². The average molecular weight is 372 g/mol. The molecule has 27 heavy (non-hydrogen) atoms. The fourth-order valence-corrected chi connectivity index (χ4v) is 3.18. The van der Waals surface area contributed by atoms with Crippen molar-refractivity contribution in [1.29, 1.82) is 0 Å². The lowest BCUT2D eigenvalue weighted by molar-refractivity contribution is -0.139. The van der Waals surface area contributed by atoms with Crippen molar-refractivity contribution in [3.8, 4) is 11.1 Å². The molecular formula is C18H17FN4O4. The third kappa shape index (κ3) is 3.53. The van der Waals surface area contributed by atoms with Crippen molar-refractivity contribution in [2.75, 3.05) is 26.2 Å². The van der Waals surface area contributed by atoms with E-state index in [9.17, 15) is 18.8 Å². The summed E-state index contributed by atoms with van der Waals surface area (Å²) in [6, 6.07) is 6.06. The lowest BCUT2D eigenvalue weighted by Crippen LogP contribution is -2.55. The quantitative estimate of drug-likeness (QED) is 0.785. The second-order valence-corrected chi connectivity index (χ2v) is 6.66. The van der Waals surface area contributed by atoms with Crippen molar-refractivity contribution in [1.82, 2.24) is 19.6 Å². The fourth-order valence-electron chi connectivity index (χ4n) is 3.18. The minimum absolute atomic E-state index is 0.0657. The van der Waals surface area contributed by atoms with Gasteiger partial charge in [-0.15, -0.1) is 0 Å². The molecule has 0 aliphatic carbocycles. The minimum Gasteiger partial charge on any atom is -0.439 e. The van der Waals surface area contributed by atoms with E-state index in [1.807, 2.05) is 0 Å². The third-order valence-electron chi connectivity index (χ3n) is 4.70. The van der Waals surface area contributed by atoms with Gasteiger partial charge in [0.05, 0.1) is 6.20 Å². The van der Waals surface area contributed by atoms with Crippen LogP contribution in [-0.4, -0.2) is 63.7 Å². The maximum Gasteiger partial charge on any atom is 0.417 e. The molecule has 1 aromatic heterocycles. The van der Waals surface area contributed by atoms with Crippen LogP contribution in [0.3, 0.4) is 0 Å². The zero-order valence-corrected chi connectivity index (χ0v) is 14.4. The first-order valence-electron chi connectivity index (χ1n) is 8.53. The van der Waals surface area contributed by atoms with Crippen molar-refractivity contribution < 1.29 is 23.5 Å². The first kappa shape index (κ1) is 17.2. The van der Waals surface area contributed by atoms with Crippen LogP contribution in [0.4, 0.5) is 9.18 Å². The van der Waals surface area contributed by atoms with Gasteiger partial charge in [-0.25, -0.2) is 14.1 Å². The number of cyclic esters (lactones) is 1. The number of aromatic nitrogens is 2. The van der Waals surface area contributed by atoms with Gasteiger partial charge in [0.2, 0.25) is 5.91 Å². The molecule has 0 atom stereocenters. The van der Waals surface area contributed by atoms with E-state index in [-0.39, 0.29) is 43.2 Å². The molecule has 2 fully saturated rings. The molecule has 2 aromatic rings. The highest BCUT2D eigenvalue weighted by molar-refractivity contribution is 5.97. The van der Waals surface area contributed by atoms with Crippen molar-refractivity contribution in [2.45, 2.75) is 6.54 Å². The van der Waals surface area contributed by atoms with Gasteiger partial charge in [0.1, 0.15) is 12.4 Å². The highest BCUT2D eigenvalue weighted by atomic mass is 19.1. The zero-order chi connectivity index (χ0) is 19.0. The Kier molecular flexibility index (Phi) is 4.35. The molecule has 2 aliphatic rings. The van der Waals surface area contributed by atoms with Gasteiger partial charge < -0.3 is 9.64 Å². The molecule has 0 radical (unpaired) electrons.